The summed E-state index contributed by atoms with van der Waals surface area (Å²) in [6.07, 6.45) is -1.26. The van der Waals surface area contributed by atoms with E-state index in [2.05, 4.69) is 4.98 Å². The average molecular weight is 1190 g/mol. The lowest BCUT2D eigenvalue weighted by Gasteiger charge is -2.09. The molecule has 87 heavy (non-hydrogen) atoms. The van der Waals surface area contributed by atoms with E-state index in [4.69, 9.17) is 22.4 Å². The lowest BCUT2D eigenvalue weighted by molar-refractivity contribution is -0.137. The molecule has 12 rings (SSSR count). The molecule has 5 heterocycles. The highest BCUT2D eigenvalue weighted by molar-refractivity contribution is 5.91. The predicted molar refractivity (Wildman–Crippen MR) is 318 cm³/mol. The highest BCUT2D eigenvalue weighted by Gasteiger charge is 2.30. The number of hydrogen-bond donors (Lipinski definition) is 8. The Kier molecular flexibility index (Phi) is 16.6. The van der Waals surface area contributed by atoms with Crippen LogP contribution in [0.5, 0.6) is 51.7 Å². The molecule has 0 atom stereocenters. The number of phenolic OH excluding ortho intramolecular Hbond substituents is 8. The van der Waals surface area contributed by atoms with Crippen molar-refractivity contribution in [3.8, 4) is 97.0 Å². The Morgan fingerprint density at radius 2 is 0.632 bits per heavy atom. The van der Waals surface area contributed by atoms with Gasteiger partial charge in [-0.15, -0.1) is 0 Å². The van der Waals surface area contributed by atoms with Crippen molar-refractivity contribution in [2.75, 3.05) is 7.11 Å². The SMILES string of the molecule is COc1ccc(-c2cc(=O)c3c(O)c(O)c(C)cc3o2)cc1.Cc1cc2oc(-c3ccc(C(F)(F)F)cc3)cc(=O)c2c(O)c1O.Cc1cc2oc(-c3ccncc3)cc(=O)c2c(O)c1O.Cc1ccc(-c2cc(=O)c3c(O)c(O)c(C)cc3o2)cc1. The van der Waals surface area contributed by atoms with Crippen LogP contribution in [0.1, 0.15) is 33.4 Å². The molecule has 5 aromatic heterocycles. The molecule has 0 aliphatic carbocycles. The van der Waals surface area contributed by atoms with Gasteiger partial charge in [0.1, 0.15) is 72.7 Å². The number of rotatable bonds is 5. The summed E-state index contributed by atoms with van der Waals surface area (Å²) in [6.45, 7) is 8.36. The molecule has 0 radical (unpaired) electrons. The van der Waals surface area contributed by atoms with E-state index in [0.717, 1.165) is 29.3 Å². The summed E-state index contributed by atoms with van der Waals surface area (Å²) < 4.78 is 65.5. The highest BCUT2D eigenvalue weighted by atomic mass is 19.4. The maximum absolute atomic E-state index is 12.6. The molecule has 0 bridgehead atoms. The van der Waals surface area contributed by atoms with Gasteiger partial charge in [-0.05, 0) is 130 Å². The van der Waals surface area contributed by atoms with E-state index < -0.39 is 56.8 Å². The fraction of sp³-hybridized carbons (Fsp3) is 0.106. The molecule has 18 nitrogen and oxygen atoms in total. The molecular weight excluding hydrogens is 1140 g/mol. The smallest absolute Gasteiger partial charge is 0.416 e. The first-order valence-electron chi connectivity index (χ1n) is 26.0. The lowest BCUT2D eigenvalue weighted by atomic mass is 10.1. The van der Waals surface area contributed by atoms with Gasteiger partial charge in [0.05, 0.1) is 12.7 Å². The van der Waals surface area contributed by atoms with Gasteiger partial charge in [-0.2, -0.15) is 13.2 Å². The molecule has 21 heteroatoms. The number of phenols is 8. The maximum Gasteiger partial charge on any atom is 0.416 e. The number of aryl methyl sites for hydroxylation is 5. The summed E-state index contributed by atoms with van der Waals surface area (Å²) in [6, 6.07) is 33.2. The van der Waals surface area contributed by atoms with Crippen LogP contribution in [0.4, 0.5) is 13.2 Å². The van der Waals surface area contributed by atoms with Gasteiger partial charge in [-0.3, -0.25) is 24.2 Å². The number of pyridine rings is 1. The minimum absolute atomic E-state index is 0.00559. The largest absolute Gasteiger partial charge is 0.504 e. The van der Waals surface area contributed by atoms with Gasteiger partial charge in [0.2, 0.25) is 0 Å². The quantitative estimate of drug-likeness (QED) is 0.0743. The molecule has 0 fully saturated rings. The second-order valence-corrected chi connectivity index (χ2v) is 19.9. The van der Waals surface area contributed by atoms with E-state index in [9.17, 15) is 73.2 Å². The fourth-order valence-electron chi connectivity index (χ4n) is 9.05. The maximum atomic E-state index is 12.6. The van der Waals surface area contributed by atoms with Gasteiger partial charge in [0, 0.05) is 58.9 Å². The van der Waals surface area contributed by atoms with Gasteiger partial charge >= 0.3 is 6.18 Å². The second kappa shape index (κ2) is 24.0. The molecule has 0 unspecified atom stereocenters. The van der Waals surface area contributed by atoms with Crippen LogP contribution in [0.3, 0.4) is 0 Å². The number of nitrogens with zero attached hydrogens (tertiary/aromatic N) is 1. The molecule has 0 spiro atoms. The average Bonchev–Trinajstić information content (AvgIpc) is 1.75. The Labute approximate surface area is 488 Å². The molecule has 12 aromatic rings. The Morgan fingerprint density at radius 1 is 0.368 bits per heavy atom. The molecule has 8 N–H and O–H groups in total. The van der Waals surface area contributed by atoms with Crippen LogP contribution in [0.15, 0.2) is 183 Å². The zero-order valence-electron chi connectivity index (χ0n) is 46.7. The number of halogens is 3. The van der Waals surface area contributed by atoms with Gasteiger partial charge in [-0.1, -0.05) is 42.0 Å². The Bertz CT molecular complexity index is 4880. The summed E-state index contributed by atoms with van der Waals surface area (Å²) in [4.78, 5) is 52.6. The van der Waals surface area contributed by atoms with Crippen LogP contribution < -0.4 is 26.5 Å². The lowest BCUT2D eigenvalue weighted by Crippen LogP contribution is -2.04. The van der Waals surface area contributed by atoms with Crippen molar-refractivity contribution in [3.05, 3.63) is 220 Å². The first kappa shape index (κ1) is 60.1. The van der Waals surface area contributed by atoms with E-state index in [1.165, 1.54) is 55.5 Å². The molecule has 0 saturated carbocycles. The second-order valence-electron chi connectivity index (χ2n) is 19.9. The van der Waals surface area contributed by atoms with Crippen molar-refractivity contribution < 1.29 is 76.4 Å². The summed E-state index contributed by atoms with van der Waals surface area (Å²) in [7, 11) is 1.57. The predicted octanol–water partition coefficient (Wildman–Crippen LogP) is 13.4. The minimum atomic E-state index is -4.46. The summed E-state index contributed by atoms with van der Waals surface area (Å²) in [5, 5.41) is 78.1. The van der Waals surface area contributed by atoms with Crippen LogP contribution >= 0.6 is 0 Å². The number of hydrogen-bond acceptors (Lipinski definition) is 18. The number of benzene rings is 7. The van der Waals surface area contributed by atoms with Crippen LogP contribution in [0.25, 0.3) is 89.2 Å². The van der Waals surface area contributed by atoms with Gasteiger partial charge in [-0.25, -0.2) is 0 Å². The fourth-order valence-corrected chi connectivity index (χ4v) is 9.05. The molecule has 442 valence electrons. The Balaban J connectivity index is 0.000000139. The van der Waals surface area contributed by atoms with Gasteiger partial charge in [0.15, 0.2) is 67.7 Å². The van der Waals surface area contributed by atoms with Crippen molar-refractivity contribution in [1.29, 1.82) is 0 Å². The number of fused-ring (bicyclic) bond motifs is 4. The van der Waals surface area contributed by atoms with Crippen molar-refractivity contribution in [3.63, 3.8) is 0 Å². The molecular formula is C66H50F3NO17. The zero-order valence-corrected chi connectivity index (χ0v) is 46.7. The van der Waals surface area contributed by atoms with Crippen molar-refractivity contribution in [2.24, 2.45) is 0 Å². The number of aromatic hydroxyl groups is 8. The normalized spacial score (nSPS) is 11.1. The summed E-state index contributed by atoms with van der Waals surface area (Å²) in [5.41, 5.74) is 3.32. The van der Waals surface area contributed by atoms with Crippen molar-refractivity contribution in [1.82, 2.24) is 4.98 Å². The monoisotopic (exact) mass is 1190 g/mol. The number of methoxy groups -OCH3 is 1. The summed E-state index contributed by atoms with van der Waals surface area (Å²) in [5.74, 6) is -1.30. The van der Waals surface area contributed by atoms with Crippen LogP contribution in [0, 0.1) is 34.6 Å². The number of aromatic nitrogens is 1. The van der Waals surface area contributed by atoms with Crippen molar-refractivity contribution >= 4 is 43.9 Å². The van der Waals surface area contributed by atoms with Gasteiger partial charge < -0.3 is 63.3 Å². The van der Waals surface area contributed by atoms with Crippen LogP contribution in [-0.4, -0.2) is 52.9 Å². The number of alkyl halides is 3. The molecule has 0 aliphatic rings. The number of ether oxygens (including phenoxy) is 1. The molecule has 0 aliphatic heterocycles. The topological polar surface area (TPSA) is 305 Å². The first-order valence-corrected chi connectivity index (χ1v) is 26.0. The van der Waals surface area contributed by atoms with Crippen LogP contribution in [0.2, 0.25) is 0 Å². The third-order valence-electron chi connectivity index (χ3n) is 13.8. The molecule has 0 amide bonds. The van der Waals surface area contributed by atoms with Gasteiger partial charge in [0.25, 0.3) is 0 Å². The van der Waals surface area contributed by atoms with Crippen molar-refractivity contribution in [2.45, 2.75) is 40.8 Å². The summed E-state index contributed by atoms with van der Waals surface area (Å²) >= 11 is 0. The third kappa shape index (κ3) is 12.3. The van der Waals surface area contributed by atoms with E-state index in [-0.39, 0.29) is 77.9 Å². The van der Waals surface area contributed by atoms with E-state index >= 15 is 0 Å². The third-order valence-corrected chi connectivity index (χ3v) is 13.8. The standard InChI is InChI=1S/C17H11F3O4.C17H14O5.C17H14O4.C15H11NO4/c1-8-6-13-14(16(23)15(8)22)11(21)7-12(24-13)9-2-4-10(5-3-9)17(18,19)20;1-9-7-14-15(17(20)16(9)19)12(18)8-13(22-14)10-3-5-11(21-2)6-4-10;1-9-3-5-11(6-4-9)13-8-12(18)15-14(21-13)7-10(2)16(19)17(15)20;1-8-6-12-13(15(19)14(8)18)10(17)7-11(20-12)9-2-4-16-5-3-9/h2-7,22-23H,1H3;3-8,19-20H,1-2H3;3-8,19-20H,1-2H3;2-7,18-19H,1H3. The minimum Gasteiger partial charge on any atom is -0.504 e. The van der Waals surface area contributed by atoms with Crippen LogP contribution in [-0.2, 0) is 6.18 Å². The Morgan fingerprint density at radius 3 is 0.908 bits per heavy atom. The zero-order chi connectivity index (χ0) is 62.9. The molecule has 7 aromatic carbocycles. The first-order chi connectivity index (χ1) is 41.2. The Hall–Kier alpha value is -11.5. The van der Waals surface area contributed by atoms with E-state index in [1.807, 2.05) is 31.2 Å². The van der Waals surface area contributed by atoms with E-state index in [1.54, 1.807) is 82.7 Å². The highest BCUT2D eigenvalue weighted by Crippen LogP contribution is 2.41. The van der Waals surface area contributed by atoms with E-state index in [0.29, 0.717) is 56.4 Å². The molecule has 0 saturated heterocycles.